The zero-order valence-electron chi connectivity index (χ0n) is 48.1. The molecule has 85 heavy (non-hydrogen) atoms. The van der Waals surface area contributed by atoms with Crippen LogP contribution in [0.15, 0.2) is 146 Å². The van der Waals surface area contributed by atoms with Crippen molar-refractivity contribution in [2.45, 2.75) is 160 Å². The van der Waals surface area contributed by atoms with Gasteiger partial charge in [-0.2, -0.15) is 0 Å². The first-order chi connectivity index (χ1) is 41.2. The van der Waals surface area contributed by atoms with E-state index in [1.54, 1.807) is 26.0 Å². The third-order valence-corrected chi connectivity index (χ3v) is 14.6. The van der Waals surface area contributed by atoms with Crippen LogP contribution < -0.4 is 0 Å². The Bertz CT molecular complexity index is 2970. The smallest absolute Gasteiger partial charge is 0.303 e. The molecule has 21 nitrogen and oxygen atoms in total. The Kier molecular flexibility index (Phi) is 21.7. The molecule has 0 saturated carbocycles. The number of esters is 4. The Morgan fingerprint density at radius 3 is 1.35 bits per heavy atom. The summed E-state index contributed by atoms with van der Waals surface area (Å²) in [6.07, 6.45) is -19.6. The van der Waals surface area contributed by atoms with E-state index in [1.165, 1.54) is 12.1 Å². The molecular formula is C64H71NO20. The summed E-state index contributed by atoms with van der Waals surface area (Å²) >= 11 is 0. The van der Waals surface area contributed by atoms with Gasteiger partial charge in [0, 0.05) is 34.3 Å². The third-order valence-electron chi connectivity index (χ3n) is 14.6. The van der Waals surface area contributed by atoms with Gasteiger partial charge < -0.3 is 66.3 Å². The molecule has 4 aliphatic rings. The fraction of sp³-hybridized carbons (Fsp3) is 0.438. The highest BCUT2D eigenvalue weighted by Crippen LogP contribution is 2.41. The van der Waals surface area contributed by atoms with Gasteiger partial charge in [-0.3, -0.25) is 33.7 Å². The maximum atomic E-state index is 15.1. The average Bonchev–Trinajstić information content (AvgIpc) is 2.38. The van der Waals surface area contributed by atoms with E-state index in [0.717, 1.165) is 54.8 Å². The van der Waals surface area contributed by atoms with E-state index in [9.17, 15) is 19.2 Å². The van der Waals surface area contributed by atoms with Crippen LogP contribution >= 0.6 is 0 Å². The van der Waals surface area contributed by atoms with Gasteiger partial charge in [0.1, 0.15) is 55.4 Å². The van der Waals surface area contributed by atoms with E-state index in [1.807, 2.05) is 121 Å². The lowest BCUT2D eigenvalue weighted by molar-refractivity contribution is -0.382. The number of ether oxygens (including phenoxy) is 14. The first-order valence-electron chi connectivity index (χ1n) is 28.3. The summed E-state index contributed by atoms with van der Waals surface area (Å²) in [4.78, 5) is 82.8. The number of rotatable bonds is 25. The number of amides is 2. The second-order valence-corrected chi connectivity index (χ2v) is 20.8. The molecule has 0 radical (unpaired) electrons. The lowest BCUT2D eigenvalue weighted by Crippen LogP contribution is -2.71. The third kappa shape index (κ3) is 15.8. The molecule has 15 atom stereocenters. The maximum absolute atomic E-state index is 15.1. The minimum atomic E-state index is -1.85. The standard InChI is InChI=1S/C64H71NO20/c1-7-73-62-51(65-60(70)47-30-20-21-31-48(47)61(65)71)55(85-63-58(77-35-46-28-18-11-19-29-46)56(76-34-45-26-16-10-17-27-45)52(38(2)78-63)75-33-44-24-14-9-15-25-44)53(49(82-62)36-72-32-43-22-12-8-13-23-43)84-64-59(81-42(6)69)57(80-41(5)68)54(79-40(4)67)50(83-64)37-74-39(3)66/h8-31,38,49-59,62-64H,7,32-37H2,1-6H3/t38-,49+,50+,51+,52+,53+,54-,55+,56+,57-,58-,59+,62+,63-,64-/m0/s1. The summed E-state index contributed by atoms with van der Waals surface area (Å²) in [5.74, 6) is -4.81. The van der Waals surface area contributed by atoms with E-state index in [2.05, 4.69) is 0 Å². The summed E-state index contributed by atoms with van der Waals surface area (Å²) in [5, 5.41) is 0. The molecule has 21 heteroatoms. The zero-order chi connectivity index (χ0) is 60.0. The minimum absolute atomic E-state index is 0.00449. The normalized spacial score (nSPS) is 28.3. The molecular weight excluding hydrogens is 1100 g/mol. The number of imide groups is 1. The molecule has 0 aliphatic carbocycles. The maximum Gasteiger partial charge on any atom is 0.303 e. The van der Waals surface area contributed by atoms with Crippen molar-refractivity contribution in [2.75, 3.05) is 19.8 Å². The van der Waals surface area contributed by atoms with E-state index in [-0.39, 0.29) is 50.8 Å². The molecule has 5 aromatic carbocycles. The highest BCUT2D eigenvalue weighted by molar-refractivity contribution is 6.21. The fourth-order valence-electron chi connectivity index (χ4n) is 10.9. The summed E-state index contributed by atoms with van der Waals surface area (Å²) in [6, 6.07) is 42.6. The van der Waals surface area contributed by atoms with Crippen LogP contribution in [0.25, 0.3) is 0 Å². The molecule has 3 fully saturated rings. The lowest BCUT2D eigenvalue weighted by Gasteiger charge is -2.52. The number of hydrogen-bond acceptors (Lipinski definition) is 20. The zero-order valence-corrected chi connectivity index (χ0v) is 48.1. The number of carbonyl (C=O) groups is 6. The van der Waals surface area contributed by atoms with Crippen molar-refractivity contribution in [3.63, 3.8) is 0 Å². The van der Waals surface area contributed by atoms with Crippen molar-refractivity contribution in [2.24, 2.45) is 0 Å². The molecule has 5 aromatic rings. The van der Waals surface area contributed by atoms with E-state index < -0.39 is 134 Å². The van der Waals surface area contributed by atoms with Crippen molar-refractivity contribution in [3.8, 4) is 0 Å². The number of nitrogens with zero attached hydrogens (tertiary/aromatic N) is 1. The number of carbonyl (C=O) groups excluding carboxylic acids is 6. The summed E-state index contributed by atoms with van der Waals surface area (Å²) in [7, 11) is 0. The SMILES string of the molecule is CCO[C@@H]1O[C@H](COCc2ccccc2)[C@@H](O[C@@H]2O[C@H](COC(C)=O)[C@H](OC(C)=O)[C@H](OC(C)=O)[C@H]2OC(C)=O)[C@H](O[C@@H]2O[C@@H](C)[C@@H](OCc3ccccc3)[C@@H](OCc3ccccc3)[C@@H]2OCc2ccccc2)[C@H]1N1C(=O)c2ccccc2C1=O. The van der Waals surface area contributed by atoms with Crippen LogP contribution in [0, 0.1) is 0 Å². The van der Waals surface area contributed by atoms with Crippen LogP contribution in [0.3, 0.4) is 0 Å². The summed E-state index contributed by atoms with van der Waals surface area (Å²) in [6.45, 7) is 7.40. The van der Waals surface area contributed by atoms with Gasteiger partial charge in [-0.15, -0.1) is 0 Å². The van der Waals surface area contributed by atoms with Gasteiger partial charge >= 0.3 is 23.9 Å². The molecule has 0 unspecified atom stereocenters. The second kappa shape index (κ2) is 29.7. The van der Waals surface area contributed by atoms with Crippen molar-refractivity contribution < 1.29 is 95.1 Å². The van der Waals surface area contributed by atoms with E-state index >= 15 is 9.59 Å². The van der Waals surface area contributed by atoms with Crippen LogP contribution in [-0.4, -0.2) is 152 Å². The average molecular weight is 1170 g/mol. The largest absolute Gasteiger partial charge is 0.463 e. The second-order valence-electron chi connectivity index (χ2n) is 20.8. The van der Waals surface area contributed by atoms with Gasteiger partial charge in [-0.05, 0) is 48.2 Å². The predicted molar refractivity (Wildman–Crippen MR) is 298 cm³/mol. The minimum Gasteiger partial charge on any atom is -0.463 e. The first kappa shape index (κ1) is 62.3. The number of benzene rings is 5. The summed E-state index contributed by atoms with van der Waals surface area (Å²) in [5.41, 5.74) is 3.48. The Morgan fingerprint density at radius 2 is 0.847 bits per heavy atom. The van der Waals surface area contributed by atoms with Crippen LogP contribution in [0.5, 0.6) is 0 Å². The van der Waals surface area contributed by atoms with E-state index in [4.69, 9.17) is 66.3 Å². The Balaban J connectivity index is 1.21. The van der Waals surface area contributed by atoms with Crippen molar-refractivity contribution in [1.29, 1.82) is 0 Å². The van der Waals surface area contributed by atoms with Gasteiger partial charge in [-0.1, -0.05) is 133 Å². The topological polar surface area (TPSA) is 235 Å². The molecule has 0 bridgehead atoms. The molecule has 2 amide bonds. The van der Waals surface area contributed by atoms with E-state index in [0.29, 0.717) is 0 Å². The monoisotopic (exact) mass is 1170 g/mol. The van der Waals surface area contributed by atoms with Crippen LogP contribution in [0.1, 0.15) is 84.5 Å². The van der Waals surface area contributed by atoms with Gasteiger partial charge in [0.05, 0.1) is 50.3 Å². The Labute approximate surface area is 492 Å². The molecule has 0 N–H and O–H groups in total. The lowest BCUT2D eigenvalue weighted by atomic mass is 9.93. The Morgan fingerprint density at radius 1 is 0.424 bits per heavy atom. The molecule has 4 heterocycles. The number of hydrogen-bond donors (Lipinski definition) is 0. The summed E-state index contributed by atoms with van der Waals surface area (Å²) < 4.78 is 91.6. The molecule has 452 valence electrons. The van der Waals surface area contributed by atoms with Crippen LogP contribution in [-0.2, 0) is 112 Å². The number of fused-ring (bicyclic) bond motifs is 1. The van der Waals surface area contributed by atoms with Gasteiger partial charge in [0.2, 0.25) is 0 Å². The highest BCUT2D eigenvalue weighted by atomic mass is 16.8. The molecule has 9 rings (SSSR count). The fourth-order valence-corrected chi connectivity index (χ4v) is 10.9. The van der Waals surface area contributed by atoms with Gasteiger partial charge in [-0.25, -0.2) is 0 Å². The van der Waals surface area contributed by atoms with Crippen molar-refractivity contribution in [1.82, 2.24) is 4.90 Å². The van der Waals surface area contributed by atoms with Gasteiger partial charge in [0.25, 0.3) is 11.8 Å². The van der Waals surface area contributed by atoms with Gasteiger partial charge in [0.15, 0.2) is 37.2 Å². The van der Waals surface area contributed by atoms with Crippen LogP contribution in [0.2, 0.25) is 0 Å². The molecule has 3 saturated heterocycles. The molecule has 0 aromatic heterocycles. The highest BCUT2D eigenvalue weighted by Gasteiger charge is 2.61. The Hall–Kier alpha value is -7.28. The first-order valence-corrected chi connectivity index (χ1v) is 28.3. The predicted octanol–water partition coefficient (Wildman–Crippen LogP) is 6.98. The van der Waals surface area contributed by atoms with Crippen molar-refractivity contribution in [3.05, 3.63) is 179 Å². The molecule has 0 spiro atoms. The van der Waals surface area contributed by atoms with Crippen molar-refractivity contribution >= 4 is 35.7 Å². The molecule has 4 aliphatic heterocycles. The van der Waals surface area contributed by atoms with Crippen LogP contribution in [0.4, 0.5) is 0 Å². The quantitative estimate of drug-likeness (QED) is 0.0325.